The Morgan fingerprint density at radius 2 is 2.12 bits per heavy atom. The van der Waals surface area contributed by atoms with Crippen LogP contribution in [0.3, 0.4) is 0 Å². The quantitative estimate of drug-likeness (QED) is 0.580. The van der Waals surface area contributed by atoms with Gasteiger partial charge in [0.1, 0.15) is 11.5 Å². The zero-order valence-electron chi connectivity index (χ0n) is 10.1. The monoisotopic (exact) mass is 221 g/mol. The van der Waals surface area contributed by atoms with Crippen LogP contribution in [0.1, 0.15) is 31.7 Å². The standard InChI is InChI=1S/C11H19N5/c1-4-6-16(5-2)11-14-8(3)7-9(15-11)10(12)13/h7H,4-6H2,1-3H3,(H3,12,13). The van der Waals surface area contributed by atoms with Crippen molar-refractivity contribution in [2.24, 2.45) is 5.73 Å². The van der Waals surface area contributed by atoms with Crippen LogP contribution in [0.2, 0.25) is 0 Å². The number of aryl methyl sites for hydroxylation is 1. The molecule has 0 saturated heterocycles. The molecule has 1 aromatic heterocycles. The fourth-order valence-corrected chi connectivity index (χ4v) is 1.50. The first-order valence-electron chi connectivity index (χ1n) is 5.53. The summed E-state index contributed by atoms with van der Waals surface area (Å²) < 4.78 is 0. The number of nitrogen functional groups attached to an aromatic ring is 1. The van der Waals surface area contributed by atoms with Crippen molar-refractivity contribution >= 4 is 11.8 Å². The summed E-state index contributed by atoms with van der Waals surface area (Å²) in [5.41, 5.74) is 6.78. The van der Waals surface area contributed by atoms with Crippen LogP contribution < -0.4 is 10.6 Å². The van der Waals surface area contributed by atoms with Crippen molar-refractivity contribution in [1.82, 2.24) is 9.97 Å². The molecule has 0 unspecified atom stereocenters. The predicted octanol–water partition coefficient (Wildman–Crippen LogP) is 1.31. The van der Waals surface area contributed by atoms with E-state index in [9.17, 15) is 0 Å². The maximum atomic E-state index is 7.40. The highest BCUT2D eigenvalue weighted by molar-refractivity contribution is 5.93. The van der Waals surface area contributed by atoms with E-state index in [2.05, 4.69) is 28.7 Å². The molecule has 0 fully saturated rings. The lowest BCUT2D eigenvalue weighted by atomic mass is 10.3. The van der Waals surface area contributed by atoms with Gasteiger partial charge < -0.3 is 10.6 Å². The zero-order chi connectivity index (χ0) is 12.1. The number of hydrogen-bond acceptors (Lipinski definition) is 4. The van der Waals surface area contributed by atoms with Crippen LogP contribution in [-0.2, 0) is 0 Å². The molecular weight excluding hydrogens is 202 g/mol. The lowest BCUT2D eigenvalue weighted by molar-refractivity contribution is 0.758. The average Bonchev–Trinajstić information content (AvgIpc) is 2.24. The molecule has 0 aliphatic rings. The SMILES string of the molecule is CCCN(CC)c1nc(C)cc(C(=N)N)n1. The van der Waals surface area contributed by atoms with Crippen molar-refractivity contribution in [2.75, 3.05) is 18.0 Å². The van der Waals surface area contributed by atoms with E-state index >= 15 is 0 Å². The van der Waals surface area contributed by atoms with E-state index in [0.717, 1.165) is 25.2 Å². The van der Waals surface area contributed by atoms with E-state index in [0.29, 0.717) is 11.6 Å². The van der Waals surface area contributed by atoms with Crippen LogP contribution in [0.15, 0.2) is 6.07 Å². The Labute approximate surface area is 96.2 Å². The van der Waals surface area contributed by atoms with Crippen LogP contribution in [0.5, 0.6) is 0 Å². The minimum atomic E-state index is -0.0145. The molecule has 0 aromatic carbocycles. The lowest BCUT2D eigenvalue weighted by Gasteiger charge is -2.20. The summed E-state index contributed by atoms with van der Waals surface area (Å²) in [5, 5.41) is 7.40. The third kappa shape index (κ3) is 2.92. The third-order valence-corrected chi connectivity index (χ3v) is 2.28. The third-order valence-electron chi connectivity index (χ3n) is 2.28. The number of nitrogens with two attached hydrogens (primary N) is 1. The maximum Gasteiger partial charge on any atom is 0.226 e. The second kappa shape index (κ2) is 5.44. The first kappa shape index (κ1) is 12.4. The van der Waals surface area contributed by atoms with Gasteiger partial charge in [0, 0.05) is 18.8 Å². The van der Waals surface area contributed by atoms with Crippen LogP contribution in [0.25, 0.3) is 0 Å². The van der Waals surface area contributed by atoms with Crippen molar-refractivity contribution in [3.05, 3.63) is 17.5 Å². The van der Waals surface area contributed by atoms with E-state index in [1.54, 1.807) is 6.07 Å². The Bertz CT molecular complexity index is 375. The van der Waals surface area contributed by atoms with Gasteiger partial charge in [-0.05, 0) is 26.3 Å². The topological polar surface area (TPSA) is 78.9 Å². The van der Waals surface area contributed by atoms with E-state index in [1.165, 1.54) is 0 Å². The average molecular weight is 221 g/mol. The minimum Gasteiger partial charge on any atom is -0.382 e. The second-order valence-electron chi connectivity index (χ2n) is 3.69. The molecule has 0 bridgehead atoms. The van der Waals surface area contributed by atoms with Gasteiger partial charge in [-0.1, -0.05) is 6.92 Å². The van der Waals surface area contributed by atoms with Gasteiger partial charge in [-0.15, -0.1) is 0 Å². The van der Waals surface area contributed by atoms with Crippen molar-refractivity contribution in [3.8, 4) is 0 Å². The van der Waals surface area contributed by atoms with Crippen molar-refractivity contribution in [3.63, 3.8) is 0 Å². The number of aromatic nitrogens is 2. The molecule has 0 aliphatic heterocycles. The minimum absolute atomic E-state index is 0.0145. The first-order chi connectivity index (χ1) is 7.58. The largest absolute Gasteiger partial charge is 0.382 e. The van der Waals surface area contributed by atoms with Crippen LogP contribution in [-0.4, -0.2) is 28.9 Å². The number of nitrogens with one attached hydrogen (secondary N) is 1. The molecule has 1 aromatic rings. The number of anilines is 1. The van der Waals surface area contributed by atoms with Gasteiger partial charge in [-0.3, -0.25) is 5.41 Å². The van der Waals surface area contributed by atoms with Gasteiger partial charge in [-0.2, -0.15) is 0 Å². The Hall–Kier alpha value is -1.65. The van der Waals surface area contributed by atoms with Gasteiger partial charge in [0.05, 0.1) is 0 Å². The van der Waals surface area contributed by atoms with E-state index in [1.807, 2.05) is 6.92 Å². The van der Waals surface area contributed by atoms with Crippen molar-refractivity contribution < 1.29 is 0 Å². The maximum absolute atomic E-state index is 7.40. The smallest absolute Gasteiger partial charge is 0.226 e. The number of amidine groups is 1. The summed E-state index contributed by atoms with van der Waals surface area (Å²) >= 11 is 0. The summed E-state index contributed by atoms with van der Waals surface area (Å²) in [6.45, 7) is 7.84. The van der Waals surface area contributed by atoms with E-state index in [-0.39, 0.29) is 5.84 Å². The Kier molecular flexibility index (Phi) is 4.22. The fourth-order valence-electron chi connectivity index (χ4n) is 1.50. The molecule has 0 atom stereocenters. The molecule has 1 heterocycles. The molecule has 0 radical (unpaired) electrons. The molecule has 5 heteroatoms. The Morgan fingerprint density at radius 3 is 2.62 bits per heavy atom. The lowest BCUT2D eigenvalue weighted by Crippen LogP contribution is -2.27. The van der Waals surface area contributed by atoms with Gasteiger partial charge >= 0.3 is 0 Å². The predicted molar refractivity (Wildman–Crippen MR) is 66.0 cm³/mol. The van der Waals surface area contributed by atoms with Gasteiger partial charge in [0.2, 0.25) is 5.95 Å². The van der Waals surface area contributed by atoms with Crippen molar-refractivity contribution in [2.45, 2.75) is 27.2 Å². The molecule has 0 aliphatic carbocycles. The molecule has 0 amide bonds. The molecule has 0 saturated carbocycles. The summed E-state index contributed by atoms with van der Waals surface area (Å²) in [4.78, 5) is 10.7. The molecule has 1 rings (SSSR count). The number of nitrogens with zero attached hydrogens (tertiary/aromatic N) is 3. The van der Waals surface area contributed by atoms with E-state index < -0.39 is 0 Å². The normalized spacial score (nSPS) is 10.2. The Balaban J connectivity index is 3.07. The highest BCUT2D eigenvalue weighted by atomic mass is 15.2. The Morgan fingerprint density at radius 1 is 1.44 bits per heavy atom. The number of hydrogen-bond donors (Lipinski definition) is 2. The van der Waals surface area contributed by atoms with Crippen LogP contribution >= 0.6 is 0 Å². The number of rotatable bonds is 5. The molecule has 0 spiro atoms. The van der Waals surface area contributed by atoms with Crippen LogP contribution in [0, 0.1) is 12.3 Å². The molecule has 16 heavy (non-hydrogen) atoms. The summed E-state index contributed by atoms with van der Waals surface area (Å²) in [6.07, 6.45) is 1.04. The highest BCUT2D eigenvalue weighted by Crippen LogP contribution is 2.10. The zero-order valence-corrected chi connectivity index (χ0v) is 10.1. The first-order valence-corrected chi connectivity index (χ1v) is 5.53. The summed E-state index contributed by atoms with van der Waals surface area (Å²) in [5.74, 6) is 0.647. The fraction of sp³-hybridized carbons (Fsp3) is 0.545. The second-order valence-corrected chi connectivity index (χ2v) is 3.69. The molecule has 5 nitrogen and oxygen atoms in total. The summed E-state index contributed by atoms with van der Waals surface area (Å²) in [6, 6.07) is 1.73. The molecule has 3 N–H and O–H groups in total. The van der Waals surface area contributed by atoms with E-state index in [4.69, 9.17) is 11.1 Å². The van der Waals surface area contributed by atoms with Gasteiger partial charge in [0.15, 0.2) is 0 Å². The van der Waals surface area contributed by atoms with Gasteiger partial charge in [0.25, 0.3) is 0 Å². The molecular formula is C11H19N5. The molecule has 88 valence electrons. The van der Waals surface area contributed by atoms with Crippen LogP contribution in [0.4, 0.5) is 5.95 Å². The van der Waals surface area contributed by atoms with Gasteiger partial charge in [-0.25, -0.2) is 9.97 Å². The summed E-state index contributed by atoms with van der Waals surface area (Å²) in [7, 11) is 0. The highest BCUT2D eigenvalue weighted by Gasteiger charge is 2.09. The van der Waals surface area contributed by atoms with Crippen molar-refractivity contribution in [1.29, 1.82) is 5.41 Å².